The van der Waals surface area contributed by atoms with Gasteiger partial charge in [0.1, 0.15) is 18.1 Å². The number of thioether (sulfide) groups is 1. The summed E-state index contributed by atoms with van der Waals surface area (Å²) in [5.74, 6) is -2.27. The molecule has 3 amide bonds. The number of benzene rings is 1. The summed E-state index contributed by atoms with van der Waals surface area (Å²) in [6, 6.07) is 5.18. The molecule has 1 aromatic carbocycles. The fraction of sp³-hybridized carbons (Fsp3) is 0.577. The van der Waals surface area contributed by atoms with Crippen molar-refractivity contribution in [2.45, 2.75) is 70.1 Å². The molecule has 0 saturated heterocycles. The van der Waals surface area contributed by atoms with E-state index >= 15 is 0 Å². The Morgan fingerprint density at radius 3 is 2.08 bits per heavy atom. The van der Waals surface area contributed by atoms with E-state index in [1.165, 1.54) is 0 Å². The molecule has 0 spiro atoms. The van der Waals surface area contributed by atoms with E-state index in [4.69, 9.17) is 17.2 Å². The van der Waals surface area contributed by atoms with Crippen molar-refractivity contribution in [2.75, 3.05) is 18.6 Å². The smallest absolute Gasteiger partial charge is 0.326 e. The fourth-order valence-electron chi connectivity index (χ4n) is 3.72. The molecule has 218 valence electrons. The first-order valence-electron chi connectivity index (χ1n) is 12.9. The van der Waals surface area contributed by atoms with Gasteiger partial charge in [0.2, 0.25) is 17.7 Å². The van der Waals surface area contributed by atoms with Crippen molar-refractivity contribution in [3.05, 3.63) is 35.9 Å². The maximum Gasteiger partial charge on any atom is 0.326 e. The van der Waals surface area contributed by atoms with Gasteiger partial charge < -0.3 is 38.3 Å². The Morgan fingerprint density at radius 2 is 1.51 bits per heavy atom. The van der Waals surface area contributed by atoms with E-state index in [2.05, 4.69) is 20.9 Å². The number of hydrogen-bond acceptors (Lipinski definition) is 7. The molecule has 4 unspecified atom stereocenters. The molecule has 0 saturated carbocycles. The zero-order valence-electron chi connectivity index (χ0n) is 22.9. The molecule has 1 rings (SSSR count). The Bertz CT molecular complexity index is 957. The number of hydrogen-bond donors (Lipinski definition) is 7. The van der Waals surface area contributed by atoms with Crippen LogP contribution in [0.1, 0.15) is 45.1 Å². The highest BCUT2D eigenvalue weighted by Crippen LogP contribution is 2.10. The maximum absolute atomic E-state index is 13.4. The lowest BCUT2D eigenvalue weighted by atomic mass is 10.00. The maximum atomic E-state index is 13.4. The molecule has 0 radical (unpaired) electrons. The number of carbonyl (C=O) groups is 4. The average Bonchev–Trinajstić information content (AvgIpc) is 2.87. The Morgan fingerprint density at radius 1 is 0.923 bits per heavy atom. The summed E-state index contributed by atoms with van der Waals surface area (Å²) in [6.07, 6.45) is 3.24. The normalized spacial score (nSPS) is 14.0. The molecular formula is C26H43N7O5S. The van der Waals surface area contributed by atoms with Crippen molar-refractivity contribution in [1.82, 2.24) is 16.0 Å². The number of nitrogens with two attached hydrogens (primary N) is 3. The van der Waals surface area contributed by atoms with Crippen LogP contribution in [-0.4, -0.2) is 77.5 Å². The van der Waals surface area contributed by atoms with Crippen LogP contribution >= 0.6 is 11.8 Å². The molecule has 0 aliphatic rings. The van der Waals surface area contributed by atoms with Crippen molar-refractivity contribution in [1.29, 1.82) is 0 Å². The molecule has 0 fully saturated rings. The summed E-state index contributed by atoms with van der Waals surface area (Å²) in [5.41, 5.74) is 17.4. The molecule has 0 aromatic heterocycles. The first-order chi connectivity index (χ1) is 18.4. The Labute approximate surface area is 234 Å². The third-order valence-corrected chi connectivity index (χ3v) is 6.43. The van der Waals surface area contributed by atoms with Crippen LogP contribution in [0.25, 0.3) is 0 Å². The number of carboxylic acids is 1. The zero-order valence-corrected chi connectivity index (χ0v) is 23.7. The quantitative estimate of drug-likeness (QED) is 0.0720. The zero-order chi connectivity index (χ0) is 29.4. The third kappa shape index (κ3) is 13.9. The number of aliphatic carboxylic acids is 1. The van der Waals surface area contributed by atoms with Crippen LogP contribution in [0.5, 0.6) is 0 Å². The van der Waals surface area contributed by atoms with Gasteiger partial charge in [-0.05, 0) is 49.2 Å². The van der Waals surface area contributed by atoms with Crippen LogP contribution in [0.15, 0.2) is 35.3 Å². The molecule has 4 atom stereocenters. The van der Waals surface area contributed by atoms with Gasteiger partial charge >= 0.3 is 5.97 Å². The van der Waals surface area contributed by atoms with Gasteiger partial charge in [0.15, 0.2) is 5.96 Å². The van der Waals surface area contributed by atoms with Crippen molar-refractivity contribution >= 4 is 41.4 Å². The minimum absolute atomic E-state index is 0.00771. The summed E-state index contributed by atoms with van der Waals surface area (Å²) in [5, 5.41) is 17.6. The van der Waals surface area contributed by atoms with E-state index in [0.717, 1.165) is 5.56 Å². The van der Waals surface area contributed by atoms with Gasteiger partial charge in [-0.2, -0.15) is 11.8 Å². The van der Waals surface area contributed by atoms with Crippen LogP contribution in [-0.2, 0) is 25.6 Å². The number of guanidine groups is 1. The molecule has 12 nitrogen and oxygen atoms in total. The van der Waals surface area contributed by atoms with Crippen LogP contribution in [0.4, 0.5) is 0 Å². The molecule has 0 aliphatic carbocycles. The monoisotopic (exact) mass is 565 g/mol. The predicted octanol–water partition coefficient (Wildman–Crippen LogP) is -0.0518. The van der Waals surface area contributed by atoms with Gasteiger partial charge in [0, 0.05) is 13.0 Å². The first kappa shape index (κ1) is 33.7. The second-order valence-electron chi connectivity index (χ2n) is 9.68. The van der Waals surface area contributed by atoms with Crippen molar-refractivity contribution in [3.63, 3.8) is 0 Å². The van der Waals surface area contributed by atoms with Crippen LogP contribution in [0.2, 0.25) is 0 Å². The minimum Gasteiger partial charge on any atom is -0.480 e. The highest BCUT2D eigenvalue weighted by atomic mass is 32.2. The average molecular weight is 566 g/mol. The number of rotatable bonds is 18. The van der Waals surface area contributed by atoms with Crippen molar-refractivity contribution in [3.8, 4) is 0 Å². The molecule has 13 heteroatoms. The topological polar surface area (TPSA) is 215 Å². The lowest BCUT2D eigenvalue weighted by molar-refractivity contribution is -0.142. The van der Waals surface area contributed by atoms with Gasteiger partial charge in [0.25, 0.3) is 0 Å². The fourth-order valence-corrected chi connectivity index (χ4v) is 4.21. The van der Waals surface area contributed by atoms with E-state index in [1.54, 1.807) is 11.8 Å². The molecule has 0 aliphatic heterocycles. The van der Waals surface area contributed by atoms with Gasteiger partial charge in [-0.3, -0.25) is 19.4 Å². The number of aliphatic imine (C=N–C) groups is 1. The number of carbonyl (C=O) groups excluding carboxylic acids is 3. The van der Waals surface area contributed by atoms with Gasteiger partial charge in [-0.1, -0.05) is 44.2 Å². The van der Waals surface area contributed by atoms with Crippen LogP contribution < -0.4 is 33.2 Å². The number of carboxylic acid groups (broad SMARTS) is 1. The van der Waals surface area contributed by atoms with E-state index in [-0.39, 0.29) is 37.7 Å². The molecule has 39 heavy (non-hydrogen) atoms. The molecule has 1 aromatic rings. The predicted molar refractivity (Wildman–Crippen MR) is 154 cm³/mol. The van der Waals surface area contributed by atoms with Crippen LogP contribution in [0, 0.1) is 5.92 Å². The summed E-state index contributed by atoms with van der Waals surface area (Å²) in [6.45, 7) is 3.97. The van der Waals surface area contributed by atoms with E-state index in [9.17, 15) is 24.3 Å². The van der Waals surface area contributed by atoms with E-state index in [0.29, 0.717) is 18.6 Å². The number of nitrogens with one attached hydrogen (secondary N) is 3. The largest absolute Gasteiger partial charge is 0.480 e. The minimum atomic E-state index is -1.21. The summed E-state index contributed by atoms with van der Waals surface area (Å²) < 4.78 is 0. The molecule has 10 N–H and O–H groups in total. The first-order valence-corrected chi connectivity index (χ1v) is 14.3. The number of amides is 3. The number of nitrogens with zero attached hydrogens (tertiary/aromatic N) is 1. The summed E-state index contributed by atoms with van der Waals surface area (Å²) >= 11 is 1.56. The van der Waals surface area contributed by atoms with Crippen molar-refractivity contribution < 1.29 is 24.3 Å². The highest BCUT2D eigenvalue weighted by molar-refractivity contribution is 7.98. The Kier molecular flexibility index (Phi) is 15.6. The lowest BCUT2D eigenvalue weighted by Gasteiger charge is -2.26. The van der Waals surface area contributed by atoms with Gasteiger partial charge in [-0.15, -0.1) is 0 Å². The van der Waals surface area contributed by atoms with Gasteiger partial charge in [0.05, 0.1) is 6.04 Å². The lowest BCUT2D eigenvalue weighted by Crippen LogP contribution is -2.57. The molecule has 0 bridgehead atoms. The third-order valence-electron chi connectivity index (χ3n) is 5.79. The highest BCUT2D eigenvalue weighted by Gasteiger charge is 2.30. The standard InChI is InChI=1S/C26H43N7O5S/c1-16(2)14-20(23(35)31-19(25(37)38)10-7-12-30-26(28)29)33-24(36)21(15-17-8-5-4-6-9-17)32-22(34)18(27)11-13-39-3/h4-6,8-9,16,18-21H,7,10-15,27H2,1-3H3,(H,31,35)(H,32,34)(H,33,36)(H,37,38)(H4,28,29,30). The molecular weight excluding hydrogens is 522 g/mol. The second-order valence-corrected chi connectivity index (χ2v) is 10.7. The summed E-state index contributed by atoms with van der Waals surface area (Å²) in [4.78, 5) is 54.9. The van der Waals surface area contributed by atoms with E-state index < -0.39 is 47.9 Å². The van der Waals surface area contributed by atoms with Gasteiger partial charge in [-0.25, -0.2) is 4.79 Å². The Hall–Kier alpha value is -3.32. The molecule has 0 heterocycles. The van der Waals surface area contributed by atoms with E-state index in [1.807, 2.05) is 50.4 Å². The SMILES string of the molecule is CSCCC(N)C(=O)NC(Cc1ccccc1)C(=O)NC(CC(C)C)C(=O)NC(CCCN=C(N)N)C(=O)O. The second kappa shape index (κ2) is 18.1. The van der Waals surface area contributed by atoms with Crippen LogP contribution in [0.3, 0.4) is 0 Å². The van der Waals surface area contributed by atoms with Crippen molar-refractivity contribution in [2.24, 2.45) is 28.1 Å². The Balaban J connectivity index is 3.04. The summed E-state index contributed by atoms with van der Waals surface area (Å²) in [7, 11) is 0.